The summed E-state index contributed by atoms with van der Waals surface area (Å²) in [7, 11) is -0.717. The quantitative estimate of drug-likeness (QED) is 0.548. The first-order chi connectivity index (χ1) is 11.5. The Morgan fingerprint density at radius 1 is 1.32 bits per heavy atom. The second kappa shape index (κ2) is 7.47. The van der Waals surface area contributed by atoms with Crippen molar-refractivity contribution in [3.8, 4) is 5.75 Å². The molecular weight excluding hydrogens is 410 g/mol. The van der Waals surface area contributed by atoms with E-state index in [0.717, 1.165) is 0 Å². The third-order valence-corrected chi connectivity index (χ3v) is 5.57. The maximum absolute atomic E-state index is 12.1. The monoisotopic (exact) mass is 432 g/mol. The summed E-state index contributed by atoms with van der Waals surface area (Å²) in [6.45, 7) is 9.75. The Balaban J connectivity index is 2.43. The van der Waals surface area contributed by atoms with E-state index in [0.29, 0.717) is 15.1 Å². The van der Waals surface area contributed by atoms with Crippen LogP contribution in [0.25, 0.3) is 0 Å². The molecule has 1 unspecified atom stereocenters. The highest BCUT2D eigenvalue weighted by atomic mass is 79.9. The molecule has 0 spiro atoms. The molecule has 0 bridgehead atoms. The first-order valence-corrected chi connectivity index (χ1v) is 9.34. The van der Waals surface area contributed by atoms with Gasteiger partial charge >= 0.3 is 13.1 Å². The molecule has 5 nitrogen and oxygen atoms in total. The summed E-state index contributed by atoms with van der Waals surface area (Å²) >= 11 is 9.43. The average molecular weight is 434 g/mol. The summed E-state index contributed by atoms with van der Waals surface area (Å²) in [4.78, 5) is 12.1. The first kappa shape index (κ1) is 20.6. The molecule has 1 fully saturated rings. The van der Waals surface area contributed by atoms with E-state index in [9.17, 15) is 9.90 Å². The van der Waals surface area contributed by atoms with Crippen molar-refractivity contribution in [2.75, 3.05) is 6.61 Å². The van der Waals surface area contributed by atoms with E-state index in [2.05, 4.69) is 15.9 Å². The van der Waals surface area contributed by atoms with Gasteiger partial charge in [0.05, 0.1) is 28.7 Å². The largest absolute Gasteiger partial charge is 0.506 e. The fourth-order valence-electron chi connectivity index (χ4n) is 2.67. The van der Waals surface area contributed by atoms with Gasteiger partial charge in [0.1, 0.15) is 5.75 Å². The maximum atomic E-state index is 12.1. The molecule has 8 heteroatoms. The van der Waals surface area contributed by atoms with Crippen molar-refractivity contribution in [2.45, 2.75) is 58.1 Å². The number of carbonyl (C=O) groups excluding carboxylic acids is 1. The van der Waals surface area contributed by atoms with Crippen molar-refractivity contribution in [3.63, 3.8) is 0 Å². The summed E-state index contributed by atoms with van der Waals surface area (Å²) in [6.07, 6.45) is 0.00497. The van der Waals surface area contributed by atoms with Crippen LogP contribution >= 0.6 is 27.5 Å². The van der Waals surface area contributed by atoms with E-state index in [1.54, 1.807) is 19.1 Å². The molecule has 1 aromatic carbocycles. The van der Waals surface area contributed by atoms with Crippen LogP contribution in [-0.2, 0) is 18.8 Å². The number of esters is 1. The van der Waals surface area contributed by atoms with Crippen molar-refractivity contribution in [1.29, 1.82) is 0 Å². The minimum Gasteiger partial charge on any atom is -0.506 e. The lowest BCUT2D eigenvalue weighted by molar-refractivity contribution is -0.143. The predicted octanol–water partition coefficient (Wildman–Crippen LogP) is 4.48. The second-order valence-corrected chi connectivity index (χ2v) is 8.36. The smallest absolute Gasteiger partial charge is 0.466 e. The Morgan fingerprint density at radius 2 is 1.88 bits per heavy atom. The molecule has 138 valence electrons. The van der Waals surface area contributed by atoms with Crippen LogP contribution in [0.15, 0.2) is 16.6 Å². The van der Waals surface area contributed by atoms with Crippen LogP contribution in [-0.4, -0.2) is 36.0 Å². The van der Waals surface area contributed by atoms with Crippen molar-refractivity contribution in [2.24, 2.45) is 0 Å². The van der Waals surface area contributed by atoms with Crippen LogP contribution < -0.4 is 0 Å². The number of benzene rings is 1. The third kappa shape index (κ3) is 4.33. The third-order valence-electron chi connectivity index (χ3n) is 4.75. The van der Waals surface area contributed by atoms with Crippen molar-refractivity contribution < 1.29 is 23.9 Å². The number of rotatable bonds is 5. The molecule has 1 aliphatic rings. The van der Waals surface area contributed by atoms with Gasteiger partial charge in [0.25, 0.3) is 0 Å². The number of aromatic hydroxyl groups is 1. The van der Waals surface area contributed by atoms with E-state index in [4.69, 9.17) is 25.6 Å². The number of hydrogen-bond donors (Lipinski definition) is 1. The Labute approximate surface area is 162 Å². The molecule has 0 saturated carbocycles. The normalized spacial score (nSPS) is 19.7. The van der Waals surface area contributed by atoms with E-state index < -0.39 is 30.1 Å². The van der Waals surface area contributed by atoms with Crippen molar-refractivity contribution in [1.82, 2.24) is 0 Å². The number of halogens is 2. The lowest BCUT2D eigenvalue weighted by Crippen LogP contribution is -2.41. The summed E-state index contributed by atoms with van der Waals surface area (Å²) in [5.74, 6) is -0.943. The zero-order valence-corrected chi connectivity index (χ0v) is 17.4. The van der Waals surface area contributed by atoms with Gasteiger partial charge in [0.2, 0.25) is 0 Å². The fraction of sp³-hybridized carbons (Fsp3) is 0.588. The molecule has 2 rings (SSSR count). The standard InChI is InChI=1S/C17H23BBrClO5/c1-6-23-14(21)9-12(11-7-10(20)8-13(19)15(11)22)18-24-16(2,3)17(4,5)25-18/h7-8,12,22H,6,9H2,1-5H3. The van der Waals surface area contributed by atoms with Crippen LogP contribution in [0, 0.1) is 0 Å². The van der Waals surface area contributed by atoms with Gasteiger partial charge in [-0.05, 0) is 68.2 Å². The van der Waals surface area contributed by atoms with Crippen LogP contribution in [0.2, 0.25) is 5.02 Å². The molecule has 1 saturated heterocycles. The van der Waals surface area contributed by atoms with Crippen LogP contribution in [0.1, 0.15) is 52.4 Å². The Bertz CT molecular complexity index is 649. The topological polar surface area (TPSA) is 65.0 Å². The molecule has 1 aliphatic heterocycles. The van der Waals surface area contributed by atoms with E-state index >= 15 is 0 Å². The van der Waals surface area contributed by atoms with E-state index in [-0.39, 0.29) is 18.8 Å². The van der Waals surface area contributed by atoms with E-state index in [1.165, 1.54) is 0 Å². The highest BCUT2D eigenvalue weighted by Crippen LogP contribution is 2.45. The van der Waals surface area contributed by atoms with Crippen molar-refractivity contribution >= 4 is 40.6 Å². The summed E-state index contributed by atoms with van der Waals surface area (Å²) in [5.41, 5.74) is -0.641. The van der Waals surface area contributed by atoms with Gasteiger partial charge in [-0.15, -0.1) is 0 Å². The van der Waals surface area contributed by atoms with Gasteiger partial charge in [-0.3, -0.25) is 4.79 Å². The lowest BCUT2D eigenvalue weighted by Gasteiger charge is -2.32. The number of phenols is 1. The molecule has 0 aromatic heterocycles. The van der Waals surface area contributed by atoms with E-state index in [1.807, 2.05) is 27.7 Å². The number of phenolic OH excluding ortho intramolecular Hbond substituents is 1. The average Bonchev–Trinajstić information content (AvgIpc) is 2.69. The second-order valence-electron chi connectivity index (χ2n) is 7.07. The molecule has 0 radical (unpaired) electrons. The Hall–Kier alpha value is -0.755. The lowest BCUT2D eigenvalue weighted by atomic mass is 9.66. The zero-order valence-electron chi connectivity index (χ0n) is 15.1. The first-order valence-electron chi connectivity index (χ1n) is 8.17. The number of hydrogen-bond acceptors (Lipinski definition) is 5. The highest BCUT2D eigenvalue weighted by molar-refractivity contribution is 9.10. The van der Waals surface area contributed by atoms with Gasteiger partial charge in [-0.1, -0.05) is 11.6 Å². The summed E-state index contributed by atoms with van der Waals surface area (Å²) < 4.78 is 17.7. The molecular formula is C17H23BBrClO5. The highest BCUT2D eigenvalue weighted by Gasteiger charge is 2.54. The number of ether oxygens (including phenoxy) is 1. The minimum absolute atomic E-state index is 0.00497. The van der Waals surface area contributed by atoms with Gasteiger partial charge < -0.3 is 19.2 Å². The molecule has 1 N–H and O–H groups in total. The van der Waals surface area contributed by atoms with Crippen LogP contribution in [0.5, 0.6) is 5.75 Å². The van der Waals surface area contributed by atoms with Crippen LogP contribution in [0.4, 0.5) is 0 Å². The Kier molecular flexibility index (Phi) is 6.14. The number of carbonyl (C=O) groups is 1. The molecule has 0 amide bonds. The molecule has 1 heterocycles. The van der Waals surface area contributed by atoms with Crippen molar-refractivity contribution in [3.05, 3.63) is 27.2 Å². The minimum atomic E-state index is -0.717. The summed E-state index contributed by atoms with van der Waals surface area (Å²) in [5, 5.41) is 10.9. The maximum Gasteiger partial charge on any atom is 0.466 e. The molecule has 1 atom stereocenters. The molecule has 25 heavy (non-hydrogen) atoms. The fourth-order valence-corrected chi connectivity index (χ4v) is 3.51. The van der Waals surface area contributed by atoms with Gasteiger partial charge in [0, 0.05) is 10.8 Å². The van der Waals surface area contributed by atoms with Gasteiger partial charge in [0.15, 0.2) is 0 Å². The van der Waals surface area contributed by atoms with Gasteiger partial charge in [-0.25, -0.2) is 0 Å². The summed E-state index contributed by atoms with van der Waals surface area (Å²) in [6, 6.07) is 3.21. The van der Waals surface area contributed by atoms with Crippen LogP contribution in [0.3, 0.4) is 0 Å². The van der Waals surface area contributed by atoms with Gasteiger partial charge in [-0.2, -0.15) is 0 Å². The predicted molar refractivity (Wildman–Crippen MR) is 101 cm³/mol. The SMILES string of the molecule is CCOC(=O)CC(B1OC(C)(C)C(C)(C)O1)c1cc(Cl)cc(Br)c1O. The zero-order chi connectivity index (χ0) is 19.0. The molecule has 1 aromatic rings. The Morgan fingerprint density at radius 3 is 2.40 bits per heavy atom. The molecule has 0 aliphatic carbocycles.